The van der Waals surface area contributed by atoms with Gasteiger partial charge in [0.15, 0.2) is 0 Å². The van der Waals surface area contributed by atoms with Gasteiger partial charge in [-0.3, -0.25) is 4.79 Å². The molecule has 11 nitrogen and oxygen atoms in total. The number of methoxy groups -OCH3 is 1. The molecule has 228 valence electrons. The second-order valence-corrected chi connectivity index (χ2v) is 13.8. The molecule has 0 bridgehead atoms. The van der Waals surface area contributed by atoms with E-state index in [1.165, 1.54) is 19.4 Å². The summed E-state index contributed by atoms with van der Waals surface area (Å²) >= 11 is 0. The van der Waals surface area contributed by atoms with Crippen molar-refractivity contribution in [1.29, 1.82) is 0 Å². The SMILES string of the molecule is C=CC(=O)N1CC[C@H]1c1ccc(N2CC(CS(C)(=O)=O)C2)c2cnc(Nc3ccnc(N4CC[C@@H](OC)[C@@H](F)C4)n3)cc12. The first kappa shape index (κ1) is 29.2. The second-order valence-electron chi connectivity index (χ2n) is 11.6. The molecule has 13 heteroatoms. The number of hydrogen-bond donors (Lipinski definition) is 1. The van der Waals surface area contributed by atoms with Gasteiger partial charge in [0.05, 0.1) is 24.4 Å². The first-order chi connectivity index (χ1) is 20.6. The Labute approximate surface area is 250 Å². The van der Waals surface area contributed by atoms with Gasteiger partial charge in [0.25, 0.3) is 0 Å². The van der Waals surface area contributed by atoms with Crippen molar-refractivity contribution in [3.05, 3.63) is 54.9 Å². The van der Waals surface area contributed by atoms with Crippen molar-refractivity contribution in [2.75, 3.05) is 67.0 Å². The zero-order valence-electron chi connectivity index (χ0n) is 24.3. The maximum atomic E-state index is 14.5. The fourth-order valence-electron chi connectivity index (χ4n) is 6.31. The average Bonchev–Trinajstić information content (AvgIpc) is 2.94. The number of rotatable bonds is 9. The standard InChI is InChI=1S/C30H36FN7O4S/c1-4-29(39)38-12-8-25(38)20-5-6-24(37-15-19(16-37)18-43(3,40)41)22-14-33-28(13-21(20)22)34-27-7-10-32-30(35-27)36-11-9-26(42-2)23(31)17-36/h4-7,10,13-14,19,23,25-26H,1,8-9,11-12,15-18H2,2-3H3,(H,32,33,34,35)/t23-,25-,26+/m0/s1. The van der Waals surface area contributed by atoms with E-state index < -0.39 is 22.1 Å². The predicted molar refractivity (Wildman–Crippen MR) is 164 cm³/mol. The fraction of sp³-hybridized carbons (Fsp3) is 0.467. The number of carbonyl (C=O) groups excluding carboxylic acids is 1. The summed E-state index contributed by atoms with van der Waals surface area (Å²) in [5, 5.41) is 5.16. The molecule has 2 aromatic heterocycles. The molecule has 0 unspecified atom stereocenters. The Bertz CT molecular complexity index is 1650. The Morgan fingerprint density at radius 2 is 1.93 bits per heavy atom. The van der Waals surface area contributed by atoms with E-state index in [0.29, 0.717) is 50.2 Å². The number of alkyl halides is 1. The van der Waals surface area contributed by atoms with Gasteiger partial charge < -0.3 is 24.8 Å². The smallest absolute Gasteiger partial charge is 0.246 e. The van der Waals surface area contributed by atoms with Crippen LogP contribution in [-0.2, 0) is 19.4 Å². The minimum atomic E-state index is -3.05. The van der Waals surface area contributed by atoms with E-state index in [2.05, 4.69) is 32.8 Å². The lowest BCUT2D eigenvalue weighted by Crippen LogP contribution is -2.49. The van der Waals surface area contributed by atoms with Crippen LogP contribution in [0.15, 0.2) is 49.3 Å². The Kier molecular flexibility index (Phi) is 7.94. The molecular formula is C30H36FN7O4S. The molecule has 1 amide bonds. The minimum Gasteiger partial charge on any atom is -0.378 e. The van der Waals surface area contributed by atoms with Crippen LogP contribution in [0.25, 0.3) is 10.8 Å². The van der Waals surface area contributed by atoms with Crippen molar-refractivity contribution in [2.24, 2.45) is 5.92 Å². The average molecular weight is 610 g/mol. The highest BCUT2D eigenvalue weighted by atomic mass is 32.2. The fourth-order valence-corrected chi connectivity index (χ4v) is 7.37. The van der Waals surface area contributed by atoms with Crippen molar-refractivity contribution in [2.45, 2.75) is 31.2 Å². The molecule has 3 atom stereocenters. The molecule has 0 radical (unpaired) electrons. The van der Waals surface area contributed by atoms with Gasteiger partial charge in [-0.05, 0) is 48.1 Å². The molecule has 0 spiro atoms. The largest absolute Gasteiger partial charge is 0.378 e. The molecule has 0 aliphatic carbocycles. The molecule has 3 aromatic rings. The number of sulfone groups is 1. The van der Waals surface area contributed by atoms with E-state index in [1.807, 2.05) is 28.1 Å². The molecule has 0 saturated carbocycles. The number of likely N-dealkylation sites (tertiary alicyclic amines) is 1. The number of nitrogens with zero attached hydrogens (tertiary/aromatic N) is 6. The van der Waals surface area contributed by atoms with Crippen molar-refractivity contribution in [3.8, 4) is 0 Å². The number of fused-ring (bicyclic) bond motifs is 1. The van der Waals surface area contributed by atoms with Crippen molar-refractivity contribution in [3.63, 3.8) is 0 Å². The molecule has 6 rings (SSSR count). The van der Waals surface area contributed by atoms with Crippen LogP contribution >= 0.6 is 0 Å². The summed E-state index contributed by atoms with van der Waals surface area (Å²) in [5.41, 5.74) is 1.99. The van der Waals surface area contributed by atoms with Gasteiger partial charge in [-0.25, -0.2) is 22.8 Å². The highest BCUT2D eigenvalue weighted by molar-refractivity contribution is 7.90. The third-order valence-electron chi connectivity index (χ3n) is 8.55. The molecule has 1 N–H and O–H groups in total. The van der Waals surface area contributed by atoms with Crippen molar-refractivity contribution in [1.82, 2.24) is 19.9 Å². The minimum absolute atomic E-state index is 0.0824. The lowest BCUT2D eigenvalue weighted by molar-refractivity contribution is -0.133. The molecular weight excluding hydrogens is 573 g/mol. The second kappa shape index (κ2) is 11.7. The number of benzene rings is 1. The van der Waals surface area contributed by atoms with E-state index in [0.717, 1.165) is 28.4 Å². The number of nitrogens with one attached hydrogen (secondary N) is 1. The highest BCUT2D eigenvalue weighted by Crippen LogP contribution is 2.42. The van der Waals surface area contributed by atoms with Gasteiger partial charge in [0.2, 0.25) is 11.9 Å². The number of hydrogen-bond acceptors (Lipinski definition) is 10. The first-order valence-electron chi connectivity index (χ1n) is 14.4. The Morgan fingerprint density at radius 3 is 2.60 bits per heavy atom. The molecule has 3 aliphatic heterocycles. The third kappa shape index (κ3) is 6.00. The number of ether oxygens (including phenoxy) is 1. The summed E-state index contributed by atoms with van der Waals surface area (Å²) in [4.78, 5) is 32.0. The van der Waals surface area contributed by atoms with Crippen LogP contribution in [0, 0.1) is 5.92 Å². The summed E-state index contributed by atoms with van der Waals surface area (Å²) in [5.74, 6) is 1.68. The van der Waals surface area contributed by atoms with E-state index in [-0.39, 0.29) is 30.2 Å². The predicted octanol–water partition coefficient (Wildman–Crippen LogP) is 3.27. The van der Waals surface area contributed by atoms with Crippen LogP contribution in [0.1, 0.15) is 24.4 Å². The maximum absolute atomic E-state index is 14.5. The van der Waals surface area contributed by atoms with Crippen LogP contribution in [-0.4, -0.2) is 98.3 Å². The number of carbonyl (C=O) groups is 1. The molecule has 3 aliphatic rings. The molecule has 1 aromatic carbocycles. The Hall–Kier alpha value is -3.84. The zero-order chi connectivity index (χ0) is 30.3. The summed E-state index contributed by atoms with van der Waals surface area (Å²) in [6.07, 6.45) is 5.90. The molecule has 43 heavy (non-hydrogen) atoms. The van der Waals surface area contributed by atoms with Crippen molar-refractivity contribution >= 4 is 49.8 Å². The molecule has 5 heterocycles. The Morgan fingerprint density at radius 1 is 1.12 bits per heavy atom. The Balaban J connectivity index is 1.29. The summed E-state index contributed by atoms with van der Waals surface area (Å²) < 4.78 is 43.3. The summed E-state index contributed by atoms with van der Waals surface area (Å²) in [6, 6.07) is 7.71. The summed E-state index contributed by atoms with van der Waals surface area (Å²) in [6.45, 7) is 6.37. The van der Waals surface area contributed by atoms with E-state index >= 15 is 0 Å². The quantitative estimate of drug-likeness (QED) is 0.362. The monoisotopic (exact) mass is 609 g/mol. The number of aromatic nitrogens is 3. The van der Waals surface area contributed by atoms with Gasteiger partial charge in [0.1, 0.15) is 27.6 Å². The van der Waals surface area contributed by atoms with Gasteiger partial charge >= 0.3 is 0 Å². The van der Waals surface area contributed by atoms with Crippen molar-refractivity contribution < 1.29 is 22.3 Å². The van der Waals surface area contributed by atoms with Crippen LogP contribution in [0.3, 0.4) is 0 Å². The van der Waals surface area contributed by atoms with Gasteiger partial charge in [-0.15, -0.1) is 0 Å². The zero-order valence-corrected chi connectivity index (χ0v) is 25.1. The number of anilines is 4. The number of amides is 1. The van der Waals surface area contributed by atoms with Crippen LogP contribution < -0.4 is 15.1 Å². The van der Waals surface area contributed by atoms with Gasteiger partial charge in [-0.2, -0.15) is 4.98 Å². The maximum Gasteiger partial charge on any atom is 0.246 e. The topological polar surface area (TPSA) is 121 Å². The van der Waals surface area contributed by atoms with Gasteiger partial charge in [-0.1, -0.05) is 12.6 Å². The normalized spacial score (nSPS) is 22.7. The molecule has 3 saturated heterocycles. The number of pyridine rings is 1. The van der Waals surface area contributed by atoms with E-state index in [9.17, 15) is 17.6 Å². The van der Waals surface area contributed by atoms with E-state index in [4.69, 9.17) is 9.72 Å². The molecule has 3 fully saturated rings. The number of halogens is 1. The lowest BCUT2D eigenvalue weighted by Gasteiger charge is -2.43. The van der Waals surface area contributed by atoms with Gasteiger partial charge in [0, 0.05) is 68.9 Å². The summed E-state index contributed by atoms with van der Waals surface area (Å²) in [7, 11) is -1.52. The first-order valence-corrected chi connectivity index (χ1v) is 16.5. The third-order valence-corrected chi connectivity index (χ3v) is 9.63. The van der Waals surface area contributed by atoms with E-state index in [1.54, 1.807) is 12.3 Å². The van der Waals surface area contributed by atoms with Crippen LogP contribution in [0.5, 0.6) is 0 Å². The van der Waals surface area contributed by atoms with Crippen LogP contribution in [0.4, 0.5) is 27.7 Å². The highest BCUT2D eigenvalue weighted by Gasteiger charge is 2.35. The van der Waals surface area contributed by atoms with Crippen LogP contribution in [0.2, 0.25) is 0 Å². The lowest BCUT2D eigenvalue weighted by atomic mass is 9.89. The number of piperidine rings is 1.